The molecule has 0 amide bonds. The third kappa shape index (κ3) is 3.48. The largest absolute Gasteiger partial charge is 0.497 e. The normalized spacial score (nSPS) is 11.0. The summed E-state index contributed by atoms with van der Waals surface area (Å²) in [5.41, 5.74) is 0. The smallest absolute Gasteiger partial charge is 0.244 e. The first-order valence-electron chi connectivity index (χ1n) is 5.37. The van der Waals surface area contributed by atoms with Gasteiger partial charge in [0.2, 0.25) is 10.0 Å². The van der Waals surface area contributed by atoms with Gasteiger partial charge in [0, 0.05) is 12.6 Å². The molecule has 0 bridgehead atoms. The van der Waals surface area contributed by atoms with Crippen LogP contribution in [0.4, 0.5) is 0 Å². The fourth-order valence-corrected chi connectivity index (χ4v) is 2.57. The molecule has 18 heavy (non-hydrogen) atoms. The van der Waals surface area contributed by atoms with E-state index in [0.717, 1.165) is 0 Å². The molecule has 0 aromatic heterocycles. The van der Waals surface area contributed by atoms with Crippen molar-refractivity contribution in [2.45, 2.75) is 11.3 Å². The SMILES string of the molecule is C=CCCNS(=O)(=O)c1ccc(OC)cc1OC. The standard InChI is InChI=1S/C12H17NO4S/c1-4-5-8-13-18(14,15)12-7-6-10(16-2)9-11(12)17-3/h4,6-7,9,13H,1,5,8H2,2-3H3. The van der Waals surface area contributed by atoms with Gasteiger partial charge in [0.15, 0.2) is 0 Å². The molecule has 0 aliphatic rings. The van der Waals surface area contributed by atoms with Gasteiger partial charge in [0.1, 0.15) is 16.4 Å². The van der Waals surface area contributed by atoms with E-state index in [1.54, 1.807) is 12.1 Å². The summed E-state index contributed by atoms with van der Waals surface area (Å²) in [6, 6.07) is 4.56. The molecule has 0 unspecified atom stereocenters. The molecule has 5 nitrogen and oxygen atoms in total. The summed E-state index contributed by atoms with van der Waals surface area (Å²) in [6.07, 6.45) is 2.21. The number of methoxy groups -OCH3 is 2. The molecule has 1 N–H and O–H groups in total. The number of sulfonamides is 1. The van der Waals surface area contributed by atoms with Crippen LogP contribution in [0.15, 0.2) is 35.7 Å². The first-order valence-corrected chi connectivity index (χ1v) is 6.86. The molecule has 0 fully saturated rings. The maximum absolute atomic E-state index is 12.0. The van der Waals surface area contributed by atoms with Gasteiger partial charge >= 0.3 is 0 Å². The zero-order valence-electron chi connectivity index (χ0n) is 10.5. The summed E-state index contributed by atoms with van der Waals surface area (Å²) < 4.78 is 36.6. The molecule has 0 aliphatic heterocycles. The van der Waals surface area contributed by atoms with Crippen molar-refractivity contribution in [2.75, 3.05) is 20.8 Å². The van der Waals surface area contributed by atoms with Crippen molar-refractivity contribution >= 4 is 10.0 Å². The van der Waals surface area contributed by atoms with Crippen LogP contribution in [0.2, 0.25) is 0 Å². The maximum Gasteiger partial charge on any atom is 0.244 e. The van der Waals surface area contributed by atoms with Crippen molar-refractivity contribution in [3.05, 3.63) is 30.9 Å². The minimum Gasteiger partial charge on any atom is -0.497 e. The third-order valence-corrected chi connectivity index (χ3v) is 3.80. The van der Waals surface area contributed by atoms with Gasteiger partial charge in [-0.3, -0.25) is 0 Å². The fraction of sp³-hybridized carbons (Fsp3) is 0.333. The van der Waals surface area contributed by atoms with Crippen molar-refractivity contribution in [2.24, 2.45) is 0 Å². The predicted molar refractivity (Wildman–Crippen MR) is 69.5 cm³/mol. The number of rotatable bonds is 7. The molecule has 1 aromatic rings. The maximum atomic E-state index is 12.0. The third-order valence-electron chi connectivity index (χ3n) is 2.30. The summed E-state index contributed by atoms with van der Waals surface area (Å²) in [5, 5.41) is 0. The first kappa shape index (κ1) is 14.5. The lowest BCUT2D eigenvalue weighted by Crippen LogP contribution is -2.25. The zero-order chi connectivity index (χ0) is 13.6. The number of nitrogens with one attached hydrogen (secondary N) is 1. The van der Waals surface area contributed by atoms with Crippen LogP contribution in [0, 0.1) is 0 Å². The Balaban J connectivity index is 3.03. The van der Waals surface area contributed by atoms with E-state index in [4.69, 9.17) is 9.47 Å². The second-order valence-electron chi connectivity index (χ2n) is 3.49. The second-order valence-corrected chi connectivity index (χ2v) is 5.23. The Morgan fingerprint density at radius 3 is 2.61 bits per heavy atom. The molecule has 0 atom stereocenters. The van der Waals surface area contributed by atoms with Crippen LogP contribution in [0.1, 0.15) is 6.42 Å². The summed E-state index contributed by atoms with van der Waals surface area (Å²) in [5.74, 6) is 0.789. The Kier molecular flexibility index (Phi) is 5.18. The summed E-state index contributed by atoms with van der Waals surface area (Å²) >= 11 is 0. The average molecular weight is 271 g/mol. The van der Waals surface area contributed by atoms with Crippen molar-refractivity contribution in [3.8, 4) is 11.5 Å². The molecule has 6 heteroatoms. The Morgan fingerprint density at radius 1 is 1.33 bits per heavy atom. The highest BCUT2D eigenvalue weighted by Gasteiger charge is 2.19. The van der Waals surface area contributed by atoms with Gasteiger partial charge in [-0.1, -0.05) is 6.08 Å². The Morgan fingerprint density at radius 2 is 2.06 bits per heavy atom. The fourth-order valence-electron chi connectivity index (χ4n) is 1.37. The van der Waals surface area contributed by atoms with E-state index in [9.17, 15) is 8.42 Å². The number of ether oxygens (including phenoxy) is 2. The highest BCUT2D eigenvalue weighted by atomic mass is 32.2. The Hall–Kier alpha value is -1.53. The monoisotopic (exact) mass is 271 g/mol. The zero-order valence-corrected chi connectivity index (χ0v) is 11.3. The highest BCUT2D eigenvalue weighted by Crippen LogP contribution is 2.28. The molecule has 0 spiro atoms. The Bertz CT molecular complexity index is 511. The van der Waals surface area contributed by atoms with Gasteiger partial charge < -0.3 is 9.47 Å². The van der Waals surface area contributed by atoms with Gasteiger partial charge in [-0.25, -0.2) is 13.1 Å². The second kappa shape index (κ2) is 6.42. The van der Waals surface area contributed by atoms with Crippen LogP contribution in [0.25, 0.3) is 0 Å². The molecule has 1 aromatic carbocycles. The molecular formula is C12H17NO4S. The van der Waals surface area contributed by atoms with Crippen LogP contribution in [-0.2, 0) is 10.0 Å². The predicted octanol–water partition coefficient (Wildman–Crippen LogP) is 1.56. The van der Waals surface area contributed by atoms with Crippen molar-refractivity contribution in [1.29, 1.82) is 0 Å². The number of hydrogen-bond donors (Lipinski definition) is 1. The first-order chi connectivity index (χ1) is 8.55. The van der Waals surface area contributed by atoms with Crippen LogP contribution in [-0.4, -0.2) is 29.2 Å². The lowest BCUT2D eigenvalue weighted by molar-refractivity contribution is 0.386. The lowest BCUT2D eigenvalue weighted by Gasteiger charge is -2.11. The van der Waals surface area contributed by atoms with E-state index in [1.807, 2.05) is 0 Å². The van der Waals surface area contributed by atoms with Crippen LogP contribution in [0.3, 0.4) is 0 Å². The topological polar surface area (TPSA) is 64.6 Å². The molecule has 0 radical (unpaired) electrons. The summed E-state index contributed by atoms with van der Waals surface area (Å²) in [6.45, 7) is 3.84. The minimum absolute atomic E-state index is 0.0925. The van der Waals surface area contributed by atoms with Crippen molar-refractivity contribution in [3.63, 3.8) is 0 Å². The van der Waals surface area contributed by atoms with E-state index in [-0.39, 0.29) is 10.6 Å². The van der Waals surface area contributed by atoms with Crippen LogP contribution in [0.5, 0.6) is 11.5 Å². The number of benzene rings is 1. The molecule has 0 heterocycles. The van der Waals surface area contributed by atoms with E-state index in [1.165, 1.54) is 26.4 Å². The highest BCUT2D eigenvalue weighted by molar-refractivity contribution is 7.89. The van der Waals surface area contributed by atoms with E-state index in [2.05, 4.69) is 11.3 Å². The van der Waals surface area contributed by atoms with Crippen LogP contribution < -0.4 is 14.2 Å². The summed E-state index contributed by atoms with van der Waals surface area (Å²) in [4.78, 5) is 0.0925. The van der Waals surface area contributed by atoms with Crippen molar-refractivity contribution in [1.82, 2.24) is 4.72 Å². The quantitative estimate of drug-likeness (QED) is 0.604. The number of hydrogen-bond acceptors (Lipinski definition) is 4. The van der Waals surface area contributed by atoms with Crippen molar-refractivity contribution < 1.29 is 17.9 Å². The van der Waals surface area contributed by atoms with Gasteiger partial charge in [-0.15, -0.1) is 6.58 Å². The molecular weight excluding hydrogens is 254 g/mol. The molecule has 0 aliphatic carbocycles. The minimum atomic E-state index is -3.58. The summed E-state index contributed by atoms with van der Waals surface area (Å²) in [7, 11) is -0.659. The molecule has 0 saturated carbocycles. The molecule has 100 valence electrons. The van der Waals surface area contributed by atoms with Gasteiger partial charge in [0.25, 0.3) is 0 Å². The van der Waals surface area contributed by atoms with E-state index < -0.39 is 10.0 Å². The Labute approximate surface area is 107 Å². The van der Waals surface area contributed by atoms with Gasteiger partial charge in [-0.05, 0) is 18.6 Å². The molecule has 0 saturated heterocycles. The van der Waals surface area contributed by atoms with Crippen LogP contribution >= 0.6 is 0 Å². The molecule has 1 rings (SSSR count). The van der Waals surface area contributed by atoms with Gasteiger partial charge in [-0.2, -0.15) is 0 Å². The van der Waals surface area contributed by atoms with Gasteiger partial charge in [0.05, 0.1) is 14.2 Å². The van der Waals surface area contributed by atoms with E-state index >= 15 is 0 Å². The average Bonchev–Trinajstić information content (AvgIpc) is 2.38. The lowest BCUT2D eigenvalue weighted by atomic mass is 10.3. The van der Waals surface area contributed by atoms with E-state index in [0.29, 0.717) is 18.7 Å².